The average Bonchev–Trinajstić information content (AvgIpc) is 3.69. The van der Waals surface area contributed by atoms with Crippen molar-refractivity contribution in [3.05, 3.63) is 86.8 Å². The summed E-state index contributed by atoms with van der Waals surface area (Å²) >= 11 is 8.41. The van der Waals surface area contributed by atoms with Gasteiger partial charge in [-0.3, -0.25) is 9.69 Å². The number of carbonyl (C=O) groups is 3. The second-order valence-corrected chi connectivity index (χ2v) is 13.8. The van der Waals surface area contributed by atoms with E-state index in [0.717, 1.165) is 37.0 Å². The zero-order chi connectivity index (χ0) is 32.9. The van der Waals surface area contributed by atoms with Gasteiger partial charge in [-0.15, -0.1) is 4.48 Å². The number of esters is 1. The summed E-state index contributed by atoms with van der Waals surface area (Å²) in [5, 5.41) is 10.8. The van der Waals surface area contributed by atoms with E-state index in [0.29, 0.717) is 45.5 Å². The topological polar surface area (TPSA) is 101 Å². The van der Waals surface area contributed by atoms with Gasteiger partial charge in [0.1, 0.15) is 0 Å². The maximum Gasteiger partial charge on any atom is 0.368 e. The van der Waals surface area contributed by atoms with Crippen LogP contribution in [0.25, 0.3) is 0 Å². The lowest BCUT2D eigenvalue weighted by atomic mass is 9.85. The van der Waals surface area contributed by atoms with E-state index in [4.69, 9.17) is 31.5 Å². The quantitative estimate of drug-likeness (QED) is 0.193. The minimum atomic E-state index is -2.16. The number of aryl methyl sites for hydroxylation is 1. The van der Waals surface area contributed by atoms with Gasteiger partial charge < -0.3 is 4.74 Å². The number of amides is 2. The monoisotopic (exact) mass is 670 g/mol. The van der Waals surface area contributed by atoms with Crippen molar-refractivity contribution in [1.82, 2.24) is 9.38 Å². The van der Waals surface area contributed by atoms with Gasteiger partial charge in [-0.05, 0) is 56.9 Å². The molecule has 2 amide bonds. The molecule has 2 unspecified atom stereocenters. The largest absolute Gasteiger partial charge is 0.462 e. The lowest BCUT2D eigenvalue weighted by molar-refractivity contribution is -0.151. The predicted octanol–water partition coefficient (Wildman–Crippen LogP) is 7.39. The summed E-state index contributed by atoms with van der Waals surface area (Å²) in [5.41, 5.74) is -0.0512. The van der Waals surface area contributed by atoms with E-state index in [1.807, 2.05) is 31.2 Å². The number of rotatable bonds is 7. The van der Waals surface area contributed by atoms with Crippen LogP contribution in [0.4, 0.5) is 5.00 Å². The lowest BCUT2D eigenvalue weighted by Gasteiger charge is -2.44. The van der Waals surface area contributed by atoms with E-state index in [-0.39, 0.29) is 41.9 Å². The number of aliphatic imine (C=N–C) groups is 1. The van der Waals surface area contributed by atoms with Crippen molar-refractivity contribution < 1.29 is 19.1 Å². The van der Waals surface area contributed by atoms with Crippen molar-refractivity contribution in [1.29, 1.82) is 0 Å². The van der Waals surface area contributed by atoms with E-state index in [1.165, 1.54) is 16.2 Å². The molecular formula is C36H37ClN5O4S+. The van der Waals surface area contributed by atoms with Crippen LogP contribution in [-0.2, 0) is 16.0 Å². The van der Waals surface area contributed by atoms with Gasteiger partial charge in [0.2, 0.25) is 10.8 Å². The molecule has 3 aromatic rings. The van der Waals surface area contributed by atoms with Crippen LogP contribution in [0.3, 0.4) is 0 Å². The maximum atomic E-state index is 15.7. The van der Waals surface area contributed by atoms with Crippen molar-refractivity contribution in [3.8, 4) is 0 Å². The molecule has 4 heterocycles. The van der Waals surface area contributed by atoms with Crippen LogP contribution in [0.1, 0.15) is 96.0 Å². The van der Waals surface area contributed by atoms with E-state index in [2.05, 4.69) is 6.92 Å². The van der Waals surface area contributed by atoms with Crippen LogP contribution >= 0.6 is 22.9 Å². The molecule has 4 aliphatic rings. The van der Waals surface area contributed by atoms with Crippen molar-refractivity contribution in [2.24, 2.45) is 21.1 Å². The van der Waals surface area contributed by atoms with Gasteiger partial charge >= 0.3 is 23.4 Å². The van der Waals surface area contributed by atoms with Crippen molar-refractivity contribution in [2.75, 3.05) is 13.2 Å². The third kappa shape index (κ3) is 4.52. The number of fused-ring (bicyclic) bond motifs is 2. The Morgan fingerprint density at radius 3 is 2.36 bits per heavy atom. The van der Waals surface area contributed by atoms with Gasteiger partial charge in [0.25, 0.3) is 5.91 Å². The highest BCUT2D eigenvalue weighted by Gasteiger charge is 2.73. The minimum absolute atomic E-state index is 0.0294. The van der Waals surface area contributed by atoms with Crippen LogP contribution in [0, 0.1) is 5.92 Å². The average molecular weight is 671 g/mol. The number of halogens is 1. The first kappa shape index (κ1) is 31.6. The van der Waals surface area contributed by atoms with Crippen molar-refractivity contribution in [2.45, 2.75) is 71.4 Å². The Labute approximate surface area is 283 Å². The Kier molecular flexibility index (Phi) is 8.22. The Bertz CT molecular complexity index is 1890. The molecule has 47 heavy (non-hydrogen) atoms. The highest BCUT2D eigenvalue weighted by molar-refractivity contribution is 7.17. The molecule has 3 aliphatic heterocycles. The summed E-state index contributed by atoms with van der Waals surface area (Å²) in [7, 11) is 0. The van der Waals surface area contributed by atoms with E-state index in [9.17, 15) is 9.59 Å². The van der Waals surface area contributed by atoms with Gasteiger partial charge in [0.05, 0.1) is 34.9 Å². The number of nitrogens with zero attached hydrogens (tertiary/aromatic N) is 5. The summed E-state index contributed by atoms with van der Waals surface area (Å²) in [6.07, 6.45) is 5.97. The molecule has 9 nitrogen and oxygen atoms in total. The predicted molar refractivity (Wildman–Crippen MR) is 185 cm³/mol. The van der Waals surface area contributed by atoms with Crippen molar-refractivity contribution >= 4 is 63.1 Å². The Morgan fingerprint density at radius 1 is 0.979 bits per heavy atom. The Balaban J connectivity index is 1.70. The number of hydrogen-bond acceptors (Lipinski definition) is 8. The third-order valence-electron chi connectivity index (χ3n) is 9.60. The highest BCUT2D eigenvalue weighted by Crippen LogP contribution is 2.51. The highest BCUT2D eigenvalue weighted by atomic mass is 35.5. The summed E-state index contributed by atoms with van der Waals surface area (Å²) in [6.45, 7) is 5.89. The molecule has 0 radical (unpaired) electrons. The molecule has 2 aromatic carbocycles. The lowest BCUT2D eigenvalue weighted by Crippen LogP contribution is -2.75. The van der Waals surface area contributed by atoms with Crippen LogP contribution in [0.2, 0.25) is 5.02 Å². The van der Waals surface area contributed by atoms with Crippen molar-refractivity contribution in [3.63, 3.8) is 0 Å². The SMILES string of the molecule is CCCN1C(=O)c2ccccc2C(=O)[N+]23C(C4CCCCC4)=NN=C2C1(C(=O)OCC)N=C(c1ccccc1Cl)c1cc(CC)sc13. The first-order chi connectivity index (χ1) is 22.8. The summed E-state index contributed by atoms with van der Waals surface area (Å²) in [5.74, 6) is -1.10. The summed E-state index contributed by atoms with van der Waals surface area (Å²) in [6, 6.07) is 16.2. The Hall–Kier alpha value is -3.99. The molecule has 242 valence electrons. The fraction of sp³-hybridized carbons (Fsp3) is 0.389. The normalized spacial score (nSPS) is 23.8. The number of hydrogen-bond donors (Lipinski definition) is 0. The zero-order valence-electron chi connectivity index (χ0n) is 26.8. The minimum Gasteiger partial charge on any atom is -0.462 e. The molecule has 1 aromatic heterocycles. The molecule has 1 saturated carbocycles. The molecule has 2 bridgehead atoms. The van der Waals surface area contributed by atoms with E-state index >= 15 is 4.79 Å². The van der Waals surface area contributed by atoms with Gasteiger partial charge in [0, 0.05) is 22.0 Å². The van der Waals surface area contributed by atoms with Gasteiger partial charge in [-0.25, -0.2) is 14.6 Å². The Morgan fingerprint density at radius 2 is 1.68 bits per heavy atom. The molecule has 2 atom stereocenters. The van der Waals surface area contributed by atoms with Gasteiger partial charge in [-0.2, -0.15) is 0 Å². The summed E-state index contributed by atoms with van der Waals surface area (Å²) < 4.78 is 5.33. The molecule has 0 saturated heterocycles. The van der Waals surface area contributed by atoms with E-state index < -0.39 is 22.0 Å². The first-order valence-electron chi connectivity index (χ1n) is 16.5. The van der Waals surface area contributed by atoms with Crippen LogP contribution < -0.4 is 4.48 Å². The number of carbonyl (C=O) groups excluding carboxylic acids is 3. The van der Waals surface area contributed by atoms with E-state index in [1.54, 1.807) is 37.3 Å². The molecule has 11 heteroatoms. The van der Waals surface area contributed by atoms with Gasteiger partial charge in [-0.1, -0.05) is 96.6 Å². The smallest absolute Gasteiger partial charge is 0.368 e. The van der Waals surface area contributed by atoms with Gasteiger partial charge in [0.15, 0.2) is 0 Å². The number of ether oxygens (including phenoxy) is 1. The second kappa shape index (κ2) is 12.2. The molecule has 0 N–H and O–H groups in total. The fourth-order valence-electron chi connectivity index (χ4n) is 7.48. The van der Waals surface area contributed by atoms with Crippen LogP contribution in [0.15, 0.2) is 69.8 Å². The molecule has 7 rings (SSSR count). The number of benzene rings is 2. The van der Waals surface area contributed by atoms with Crippen LogP contribution in [0.5, 0.6) is 0 Å². The number of amidine groups is 2. The molecule has 1 fully saturated rings. The fourth-order valence-corrected chi connectivity index (χ4v) is 8.94. The summed E-state index contributed by atoms with van der Waals surface area (Å²) in [4.78, 5) is 53.2. The second-order valence-electron chi connectivity index (χ2n) is 12.3. The molecule has 0 spiro atoms. The molecular weight excluding hydrogens is 634 g/mol. The third-order valence-corrected chi connectivity index (χ3v) is 11.3. The number of thiophene rings is 1. The van der Waals surface area contributed by atoms with Crippen LogP contribution in [-0.4, -0.2) is 58.9 Å². The zero-order valence-corrected chi connectivity index (χ0v) is 28.4. The number of quaternary nitrogens is 1. The molecule has 1 aliphatic carbocycles. The standard InChI is InChI=1S/C36H37ClN5O4S/c1-4-20-41-31(43)24-16-10-11-17-25(24)32(44)42-30(22-14-8-7-9-15-22)39-40-34(42)36(41,35(45)46-6-3)38-29(26-18-12-13-19-28(26)37)27-21-23(5-2)47-33(27)42/h10-13,16-19,21-22H,4-9,14-15,20H2,1-3H3/q+1. The first-order valence-corrected chi connectivity index (χ1v) is 17.7. The maximum absolute atomic E-state index is 15.7.